The van der Waals surface area contributed by atoms with Crippen LogP contribution in [-0.2, 0) is 15.5 Å². The molecular formula is C80H124N13O4PS6. The molecule has 2 aromatic carbocycles. The number of aromatic hydroxyl groups is 1. The highest BCUT2D eigenvalue weighted by Crippen LogP contribution is 2.55. The van der Waals surface area contributed by atoms with E-state index in [2.05, 4.69) is 229 Å². The number of furan rings is 1. The van der Waals surface area contributed by atoms with Crippen LogP contribution in [0.15, 0.2) is 165 Å². The molecular weight excluding hydrogens is 1430 g/mol. The summed E-state index contributed by atoms with van der Waals surface area (Å²) >= 11 is 9.47. The molecule has 574 valence electrons. The first-order chi connectivity index (χ1) is 48.8. The first-order valence-corrected chi connectivity index (χ1v) is 43.6. The Labute approximate surface area is 649 Å². The van der Waals surface area contributed by atoms with Crippen LogP contribution < -0.4 is 17.2 Å². The van der Waals surface area contributed by atoms with Gasteiger partial charge in [0.05, 0.1) is 34.1 Å². The van der Waals surface area contributed by atoms with Gasteiger partial charge in [0.15, 0.2) is 10.3 Å². The first kappa shape index (κ1) is 95.4. The average molecular weight is 1560 g/mol. The van der Waals surface area contributed by atoms with Gasteiger partial charge >= 0.3 is 0 Å². The number of aromatic nitrogens is 10. The molecule has 9 aromatic rings. The highest BCUT2D eigenvalue weighted by atomic mass is 32.3. The van der Waals surface area contributed by atoms with Crippen LogP contribution in [0.4, 0.5) is 10.3 Å². The Kier molecular flexibility index (Phi) is 48.1. The minimum atomic E-state index is -2.00. The summed E-state index contributed by atoms with van der Waals surface area (Å²) in [5.41, 5.74) is 23.4. The van der Waals surface area contributed by atoms with Gasteiger partial charge in [0, 0.05) is 63.6 Å². The third-order valence-corrected chi connectivity index (χ3v) is 22.8. The number of anilines is 2. The van der Waals surface area contributed by atoms with E-state index in [-0.39, 0.29) is 5.91 Å². The number of nitrogens with zero attached hydrogens (tertiary/aromatic N) is 10. The molecule has 0 radical (unpaired) electrons. The number of hydrogen-bond acceptors (Lipinski definition) is 21. The molecule has 0 saturated carbocycles. The number of carbonyl (C=O) groups is 1. The van der Waals surface area contributed by atoms with Gasteiger partial charge in [-0.2, -0.15) is 8.75 Å². The fraction of sp³-hybridized carbons (Fsp3) is 0.500. The summed E-state index contributed by atoms with van der Waals surface area (Å²) < 4.78 is 28.2. The normalized spacial score (nSPS) is 12.7. The van der Waals surface area contributed by atoms with Crippen LogP contribution in [0.25, 0.3) is 0 Å². The number of allylic oxidation sites excluding steroid dienone is 4. The Balaban J connectivity index is 0.000000574. The van der Waals surface area contributed by atoms with Gasteiger partial charge < -0.3 is 31.3 Å². The van der Waals surface area contributed by atoms with Gasteiger partial charge in [-0.15, -0.1) is 51.3 Å². The Morgan fingerprint density at radius 3 is 1.49 bits per heavy atom. The van der Waals surface area contributed by atoms with Crippen LogP contribution in [0, 0.1) is 11.8 Å². The molecule has 0 spiro atoms. The lowest BCUT2D eigenvalue weighted by atomic mass is 9.96. The standard InChI is InChI=1S/C9H12O.C9H14.C9H12.C8H15N2OPS.C8H13NOS2.C8H11N.C7H10O.C7H10S.C6H10N2S.C5H9N3S.C4H8N4/c1-7(2)8-3-5-9(10)6-4-8;2*1-8(2)9-6-4-3-5-7-9;1-6(2)8-9-7(13-10-8)5-12(3,4)11;1-4(2)7-11-8(12-7)5(3)6(9)10;1-7(2)8-3-5-9-6-4-8;2*1-6(2)7-4-3-5-8-7;1-4(2)5-3-9-6(7)8-5;1-3(2)4-7-5(6)9-8-4;1-4(2)8-3-5-6-7-8/h3-7,10H,1-2H3;3-4,7-8H,5-6H2,1-2H3;3-8H,1-2H3;6H,5H2,1-4H3;4,7H,1-3H3,(H2,9,10);3-7H,1-2H3;2*3-6H,1-2H3;3-4H,1-2H3,(H2,7,8);3H,1-2H3,(H2,6,7,8);3-4H,1-2H3. The van der Waals surface area contributed by atoms with E-state index in [4.69, 9.17) is 26.7 Å². The van der Waals surface area contributed by atoms with Gasteiger partial charge in [0.25, 0.3) is 0 Å². The van der Waals surface area contributed by atoms with Crippen LogP contribution in [0.3, 0.4) is 0 Å². The number of carbonyl (C=O) groups excluding carboxylic acids is 1. The zero-order valence-electron chi connectivity index (χ0n) is 66.7. The van der Waals surface area contributed by atoms with Gasteiger partial charge in [0.2, 0.25) is 5.91 Å². The number of nitrogen functional groups attached to an aromatic ring is 2. The molecule has 0 bridgehead atoms. The number of primary amides is 1. The molecule has 0 unspecified atom stereocenters. The first-order valence-electron chi connectivity index (χ1n) is 35.7. The number of tetrazole rings is 1. The molecule has 17 nitrogen and oxygen atoms in total. The number of phenols is 1. The number of thiophene rings is 1. The predicted octanol–water partition coefficient (Wildman–Crippen LogP) is 24.0. The molecule has 1 amide bonds. The number of benzene rings is 2. The van der Waals surface area contributed by atoms with Crippen LogP contribution in [0.5, 0.6) is 5.75 Å². The van der Waals surface area contributed by atoms with Crippen molar-refractivity contribution < 1.29 is 18.9 Å². The second-order valence-electron chi connectivity index (χ2n) is 28.3. The van der Waals surface area contributed by atoms with Crippen molar-refractivity contribution >= 4 is 92.6 Å². The second kappa shape index (κ2) is 52.4. The van der Waals surface area contributed by atoms with E-state index in [0.29, 0.717) is 91.6 Å². The molecule has 0 atom stereocenters. The SMILES string of the molecule is CC(C(N)=O)=C1SC(C(C)C)S1.CC(C)C1=CCC=CC1.CC(C)c1ccc(O)cc1.CC(C)c1ccccc1.CC(C)c1ccco1.CC(C)c1cccs1.CC(C)c1ccncc1.CC(C)c1csc(N)n1.CC(C)c1nsc(CP(C)(C)=O)n1.CC(C)c1nsc(N)n1.CC(C)n1cnnn1. The molecule has 7 aromatic heterocycles. The maximum Gasteiger partial charge on any atom is 0.245 e. The van der Waals surface area contributed by atoms with Gasteiger partial charge in [-0.1, -0.05) is 211 Å². The predicted molar refractivity (Wildman–Crippen MR) is 454 cm³/mol. The van der Waals surface area contributed by atoms with Crippen LogP contribution >= 0.6 is 76.4 Å². The van der Waals surface area contributed by atoms with Crippen molar-refractivity contribution in [1.29, 1.82) is 0 Å². The zero-order valence-corrected chi connectivity index (χ0v) is 72.5. The number of rotatable bonds is 14. The maximum atomic E-state index is 11.5. The van der Waals surface area contributed by atoms with E-state index in [1.807, 2.05) is 99.3 Å². The number of nitrogens with two attached hydrogens (primary N) is 3. The van der Waals surface area contributed by atoms with Crippen molar-refractivity contribution in [2.45, 2.75) is 236 Å². The monoisotopic (exact) mass is 1550 g/mol. The third-order valence-electron chi connectivity index (χ3n) is 14.6. The molecule has 24 heteroatoms. The number of phenolic OH excluding ortho intramolecular Hbond substituents is 1. The summed E-state index contributed by atoms with van der Waals surface area (Å²) in [6.07, 6.45) is 16.7. The Hall–Kier alpha value is -6.59. The molecule has 8 heterocycles. The van der Waals surface area contributed by atoms with Crippen LogP contribution in [-0.4, -0.2) is 77.8 Å². The molecule has 1 aliphatic heterocycles. The zero-order chi connectivity index (χ0) is 78.6. The summed E-state index contributed by atoms with van der Waals surface area (Å²) in [4.78, 5) is 28.6. The number of thioether (sulfide) groups is 2. The molecule has 2 aliphatic rings. The van der Waals surface area contributed by atoms with Crippen molar-refractivity contribution in [1.82, 2.24) is 48.9 Å². The minimum Gasteiger partial charge on any atom is -0.508 e. The molecule has 7 N–H and O–H groups in total. The lowest BCUT2D eigenvalue weighted by molar-refractivity contribution is -0.114. The van der Waals surface area contributed by atoms with Gasteiger partial charge in [-0.05, 0) is 175 Å². The van der Waals surface area contributed by atoms with Crippen molar-refractivity contribution in [3.05, 3.63) is 210 Å². The van der Waals surface area contributed by atoms with E-state index >= 15 is 0 Å². The average Bonchev–Trinajstić information content (AvgIpc) is 1.01. The highest BCUT2D eigenvalue weighted by molar-refractivity contribution is 8.38. The molecule has 11 rings (SSSR count). The molecule has 1 aliphatic carbocycles. The van der Waals surface area contributed by atoms with Crippen molar-refractivity contribution in [3.63, 3.8) is 0 Å². The van der Waals surface area contributed by atoms with E-state index in [9.17, 15) is 9.36 Å². The van der Waals surface area contributed by atoms with E-state index < -0.39 is 7.14 Å². The number of hydrogen-bond donors (Lipinski definition) is 4. The molecule has 104 heavy (non-hydrogen) atoms. The Bertz CT molecular complexity index is 3570. The lowest BCUT2D eigenvalue weighted by Gasteiger charge is -2.31. The highest BCUT2D eigenvalue weighted by Gasteiger charge is 2.30. The lowest BCUT2D eigenvalue weighted by Crippen LogP contribution is -2.19. The molecule has 1 fully saturated rings. The van der Waals surface area contributed by atoms with Crippen molar-refractivity contribution in [2.24, 2.45) is 17.6 Å². The van der Waals surface area contributed by atoms with Crippen molar-refractivity contribution in [3.8, 4) is 5.75 Å². The fourth-order valence-electron chi connectivity index (χ4n) is 7.89. The minimum absolute atomic E-state index is 0.299. The Morgan fingerprint density at radius 2 is 1.18 bits per heavy atom. The van der Waals surface area contributed by atoms with E-state index in [1.54, 1.807) is 78.8 Å². The van der Waals surface area contributed by atoms with Gasteiger partial charge in [0.1, 0.15) is 34.5 Å². The number of pyridine rings is 1. The van der Waals surface area contributed by atoms with Crippen LogP contribution in [0.1, 0.15) is 275 Å². The number of thiazole rings is 1. The smallest absolute Gasteiger partial charge is 0.245 e. The summed E-state index contributed by atoms with van der Waals surface area (Å²) in [5.74, 6) is 8.50. The summed E-state index contributed by atoms with van der Waals surface area (Å²) in [7, 11) is -2.00. The van der Waals surface area contributed by atoms with Crippen molar-refractivity contribution in [2.75, 3.05) is 24.8 Å². The summed E-state index contributed by atoms with van der Waals surface area (Å²) in [6.45, 7) is 52.4. The van der Waals surface area contributed by atoms with Gasteiger partial charge in [-0.3, -0.25) is 9.78 Å². The number of amides is 1. The second-order valence-corrected chi connectivity index (χ2v) is 38.1. The molecule has 1 saturated heterocycles. The summed E-state index contributed by atoms with van der Waals surface area (Å²) in [5, 5.41) is 25.8. The fourth-order valence-corrected chi connectivity index (χ4v) is 14.9. The van der Waals surface area contributed by atoms with E-state index in [1.165, 1.54) is 62.4 Å². The van der Waals surface area contributed by atoms with Gasteiger partial charge in [-0.25, -0.2) is 19.6 Å². The topological polar surface area (TPSA) is 267 Å². The summed E-state index contributed by atoms with van der Waals surface area (Å²) in [6, 6.07) is 30.5. The largest absolute Gasteiger partial charge is 0.508 e. The maximum absolute atomic E-state index is 11.5. The van der Waals surface area contributed by atoms with Crippen LogP contribution in [0.2, 0.25) is 0 Å². The third kappa shape index (κ3) is 43.1. The quantitative estimate of drug-likeness (QED) is 0.0448. The van der Waals surface area contributed by atoms with E-state index in [0.717, 1.165) is 44.7 Å². The Morgan fingerprint density at radius 1 is 0.615 bits per heavy atom.